The second kappa shape index (κ2) is 9.17. The van der Waals surface area contributed by atoms with Crippen molar-refractivity contribution in [3.05, 3.63) is 70.6 Å². The first-order chi connectivity index (χ1) is 15.3. The summed E-state index contributed by atoms with van der Waals surface area (Å²) < 4.78 is 47.3. The molecule has 0 saturated carbocycles. The van der Waals surface area contributed by atoms with E-state index in [-0.39, 0.29) is 17.3 Å². The largest absolute Gasteiger partial charge is 0.434 e. The number of morpholine rings is 1. The Balaban J connectivity index is 1.50. The molecule has 7 nitrogen and oxygen atoms in total. The van der Waals surface area contributed by atoms with Gasteiger partial charge in [0.2, 0.25) is 0 Å². The van der Waals surface area contributed by atoms with Crippen LogP contribution in [-0.2, 0) is 17.5 Å². The second-order valence-corrected chi connectivity index (χ2v) is 7.54. The maximum Gasteiger partial charge on any atom is 0.434 e. The summed E-state index contributed by atoms with van der Waals surface area (Å²) in [6.07, 6.45) is -2.31. The number of amides is 1. The van der Waals surface area contributed by atoms with Crippen LogP contribution in [0.4, 0.5) is 19.0 Å². The molecule has 2 aromatic heterocycles. The smallest absolute Gasteiger partial charge is 0.378 e. The van der Waals surface area contributed by atoms with Crippen LogP contribution < -0.4 is 10.2 Å². The van der Waals surface area contributed by atoms with E-state index in [1.807, 2.05) is 6.07 Å². The van der Waals surface area contributed by atoms with Gasteiger partial charge in [-0.05, 0) is 29.8 Å². The van der Waals surface area contributed by atoms with Crippen molar-refractivity contribution in [3.8, 4) is 5.69 Å². The normalized spacial score (nSPS) is 14.4. The molecule has 168 valence electrons. The van der Waals surface area contributed by atoms with Crippen LogP contribution in [0.5, 0.6) is 0 Å². The number of nitrogens with zero attached hydrogens (tertiary/aromatic N) is 4. The maximum absolute atomic E-state index is 13.8. The molecule has 0 unspecified atom stereocenters. The van der Waals surface area contributed by atoms with E-state index in [9.17, 15) is 18.0 Å². The molecule has 4 rings (SSSR count). The summed E-state index contributed by atoms with van der Waals surface area (Å²) in [4.78, 5) is 19.0. The van der Waals surface area contributed by atoms with Crippen LogP contribution >= 0.6 is 11.6 Å². The highest BCUT2D eigenvalue weighted by Crippen LogP contribution is 2.34. The Morgan fingerprint density at radius 3 is 2.59 bits per heavy atom. The standard InChI is InChI=1S/C21H19ClF3N5O2/c22-15-2-1-3-16(10-15)30-19(21(23,24)25)17(13-28-30)20(31)27-12-14-4-5-18(26-11-14)29-6-8-32-9-7-29/h1-5,10-11,13H,6-9,12H2,(H,27,31). The lowest BCUT2D eigenvalue weighted by Gasteiger charge is -2.27. The van der Waals surface area contributed by atoms with Crippen molar-refractivity contribution in [2.75, 3.05) is 31.2 Å². The molecule has 0 bridgehead atoms. The summed E-state index contributed by atoms with van der Waals surface area (Å²) >= 11 is 5.89. The van der Waals surface area contributed by atoms with Crippen LogP contribution in [0.1, 0.15) is 21.6 Å². The van der Waals surface area contributed by atoms with Crippen molar-refractivity contribution in [1.82, 2.24) is 20.1 Å². The van der Waals surface area contributed by atoms with E-state index in [0.717, 1.165) is 25.1 Å². The lowest BCUT2D eigenvalue weighted by molar-refractivity contribution is -0.143. The average molecular weight is 466 g/mol. The van der Waals surface area contributed by atoms with Gasteiger partial charge < -0.3 is 15.0 Å². The molecule has 1 aromatic carbocycles. The van der Waals surface area contributed by atoms with E-state index in [4.69, 9.17) is 16.3 Å². The summed E-state index contributed by atoms with van der Waals surface area (Å²) in [5.41, 5.74) is -0.980. The topological polar surface area (TPSA) is 72.3 Å². The predicted octanol–water partition coefficient (Wildman–Crippen LogP) is 3.71. The molecule has 0 radical (unpaired) electrons. The number of ether oxygens (including phenoxy) is 1. The number of halogens is 4. The number of anilines is 1. The lowest BCUT2D eigenvalue weighted by Crippen LogP contribution is -2.36. The Hall–Kier alpha value is -3.11. The Morgan fingerprint density at radius 2 is 1.94 bits per heavy atom. The van der Waals surface area contributed by atoms with Gasteiger partial charge in [0.15, 0.2) is 5.69 Å². The van der Waals surface area contributed by atoms with Crippen LogP contribution in [0.15, 0.2) is 48.8 Å². The average Bonchev–Trinajstić information content (AvgIpc) is 3.25. The molecular weight excluding hydrogens is 447 g/mol. The van der Waals surface area contributed by atoms with Crippen molar-refractivity contribution in [2.24, 2.45) is 0 Å². The van der Waals surface area contributed by atoms with Gasteiger partial charge in [-0.3, -0.25) is 4.79 Å². The van der Waals surface area contributed by atoms with Crippen LogP contribution in [0.3, 0.4) is 0 Å². The molecule has 3 heterocycles. The van der Waals surface area contributed by atoms with Crippen molar-refractivity contribution >= 4 is 23.3 Å². The number of pyridine rings is 1. The van der Waals surface area contributed by atoms with E-state index >= 15 is 0 Å². The quantitative estimate of drug-likeness (QED) is 0.622. The van der Waals surface area contributed by atoms with Crippen molar-refractivity contribution in [1.29, 1.82) is 0 Å². The zero-order chi connectivity index (χ0) is 22.7. The van der Waals surface area contributed by atoms with Crippen LogP contribution in [0, 0.1) is 0 Å². The van der Waals surface area contributed by atoms with Gasteiger partial charge in [-0.1, -0.05) is 23.7 Å². The van der Waals surface area contributed by atoms with E-state index < -0.39 is 23.3 Å². The van der Waals surface area contributed by atoms with Gasteiger partial charge >= 0.3 is 6.18 Å². The fraction of sp³-hybridized carbons (Fsp3) is 0.286. The molecule has 1 aliphatic rings. The number of carbonyl (C=O) groups is 1. The number of nitrogens with one attached hydrogen (secondary N) is 1. The zero-order valence-corrected chi connectivity index (χ0v) is 17.5. The van der Waals surface area contributed by atoms with Crippen molar-refractivity contribution in [2.45, 2.75) is 12.7 Å². The SMILES string of the molecule is O=C(NCc1ccc(N2CCOCC2)nc1)c1cnn(-c2cccc(Cl)c2)c1C(F)(F)F. The van der Waals surface area contributed by atoms with E-state index in [0.29, 0.717) is 23.5 Å². The summed E-state index contributed by atoms with van der Waals surface area (Å²) in [6, 6.07) is 9.40. The fourth-order valence-corrected chi connectivity index (χ4v) is 3.55. The number of hydrogen-bond donors (Lipinski definition) is 1. The minimum Gasteiger partial charge on any atom is -0.378 e. The van der Waals surface area contributed by atoms with Crippen LogP contribution in [0.2, 0.25) is 5.02 Å². The molecule has 32 heavy (non-hydrogen) atoms. The Bertz CT molecular complexity index is 1100. The Labute approximate surface area is 186 Å². The van der Waals surface area contributed by atoms with Crippen LogP contribution in [0.25, 0.3) is 5.69 Å². The molecule has 11 heteroatoms. The molecule has 1 N–H and O–H groups in total. The van der Waals surface area contributed by atoms with Crippen molar-refractivity contribution < 1.29 is 22.7 Å². The summed E-state index contributed by atoms with van der Waals surface area (Å²) in [5.74, 6) is -0.103. The van der Waals surface area contributed by atoms with Gasteiger partial charge in [0.1, 0.15) is 5.82 Å². The maximum atomic E-state index is 13.8. The molecule has 1 fully saturated rings. The van der Waals surface area contributed by atoms with Crippen molar-refractivity contribution in [3.63, 3.8) is 0 Å². The minimum absolute atomic E-state index is 0.0227. The number of aromatic nitrogens is 3. The molecule has 0 spiro atoms. The minimum atomic E-state index is -4.80. The first kappa shape index (κ1) is 22.1. The van der Waals surface area contributed by atoms with Gasteiger partial charge in [-0.2, -0.15) is 18.3 Å². The fourth-order valence-electron chi connectivity index (χ4n) is 3.37. The molecule has 0 atom stereocenters. The third-order valence-corrected chi connectivity index (χ3v) is 5.17. The zero-order valence-electron chi connectivity index (χ0n) is 16.8. The Kier molecular flexibility index (Phi) is 6.33. The third-order valence-electron chi connectivity index (χ3n) is 4.93. The number of carbonyl (C=O) groups excluding carboxylic acids is 1. The lowest BCUT2D eigenvalue weighted by atomic mass is 10.2. The monoisotopic (exact) mass is 465 g/mol. The molecular formula is C21H19ClF3N5O2. The first-order valence-electron chi connectivity index (χ1n) is 9.80. The van der Waals surface area contributed by atoms with Crippen LogP contribution in [-0.4, -0.2) is 47.0 Å². The molecule has 1 saturated heterocycles. The summed E-state index contributed by atoms with van der Waals surface area (Å²) in [5, 5.41) is 6.55. The van der Waals surface area contributed by atoms with Gasteiger partial charge in [0.05, 0.1) is 30.7 Å². The first-order valence-corrected chi connectivity index (χ1v) is 10.2. The summed E-state index contributed by atoms with van der Waals surface area (Å²) in [6.45, 7) is 2.75. The number of alkyl halides is 3. The van der Waals surface area contributed by atoms with Gasteiger partial charge in [0, 0.05) is 30.9 Å². The summed E-state index contributed by atoms with van der Waals surface area (Å²) in [7, 11) is 0. The van der Waals surface area contributed by atoms with E-state index in [1.54, 1.807) is 12.3 Å². The highest BCUT2D eigenvalue weighted by molar-refractivity contribution is 6.30. The highest BCUT2D eigenvalue weighted by Gasteiger charge is 2.40. The molecule has 1 aliphatic heterocycles. The van der Waals surface area contributed by atoms with E-state index in [1.165, 1.54) is 24.3 Å². The van der Waals surface area contributed by atoms with E-state index in [2.05, 4.69) is 20.3 Å². The van der Waals surface area contributed by atoms with Gasteiger partial charge in [0.25, 0.3) is 5.91 Å². The number of benzene rings is 1. The highest BCUT2D eigenvalue weighted by atomic mass is 35.5. The molecule has 3 aromatic rings. The Morgan fingerprint density at radius 1 is 1.16 bits per heavy atom. The van der Waals surface area contributed by atoms with Gasteiger partial charge in [-0.25, -0.2) is 9.67 Å². The molecule has 0 aliphatic carbocycles. The number of rotatable bonds is 5. The predicted molar refractivity (Wildman–Crippen MR) is 112 cm³/mol. The second-order valence-electron chi connectivity index (χ2n) is 7.10. The molecule has 1 amide bonds. The van der Waals surface area contributed by atoms with Gasteiger partial charge in [-0.15, -0.1) is 0 Å². The number of hydrogen-bond acceptors (Lipinski definition) is 5. The third kappa shape index (κ3) is 4.86.